The summed E-state index contributed by atoms with van der Waals surface area (Å²) in [6, 6.07) is 12.2. The monoisotopic (exact) mass is 402 g/mol. The summed E-state index contributed by atoms with van der Waals surface area (Å²) in [6.07, 6.45) is 4.96. The van der Waals surface area contributed by atoms with E-state index in [1.165, 1.54) is 17.5 Å². The molecule has 0 bridgehead atoms. The van der Waals surface area contributed by atoms with Crippen molar-refractivity contribution in [1.29, 1.82) is 0 Å². The molecule has 0 aliphatic heterocycles. The summed E-state index contributed by atoms with van der Waals surface area (Å²) >= 11 is 0. The van der Waals surface area contributed by atoms with E-state index in [1.807, 2.05) is 19.1 Å². The number of urea groups is 1. The number of hydrogen-bond donors (Lipinski definition) is 4. The van der Waals surface area contributed by atoms with E-state index >= 15 is 0 Å². The number of nitrogens with one attached hydrogen (secondary N) is 3. The molecule has 1 aliphatic carbocycles. The predicted octanol–water partition coefficient (Wildman–Crippen LogP) is 4.31. The minimum atomic E-state index is -0.547. The molecule has 3 rings (SSSR count). The Morgan fingerprint density at radius 1 is 1.00 bits per heavy atom. The molecule has 6 nitrogen and oxygen atoms in total. The van der Waals surface area contributed by atoms with Crippen LogP contribution in [-0.4, -0.2) is 18.0 Å². The molecule has 28 heavy (non-hydrogen) atoms. The van der Waals surface area contributed by atoms with Gasteiger partial charge in [-0.05, 0) is 67.5 Å². The molecule has 1 atom stereocenters. The Kier molecular flexibility index (Phi) is 7.84. The van der Waals surface area contributed by atoms with Gasteiger partial charge in [-0.15, -0.1) is 12.4 Å². The third-order valence-corrected chi connectivity index (χ3v) is 4.81. The van der Waals surface area contributed by atoms with Crippen LogP contribution < -0.4 is 21.7 Å². The maximum atomic E-state index is 12.4. The van der Waals surface area contributed by atoms with Gasteiger partial charge >= 0.3 is 6.03 Å². The lowest BCUT2D eigenvalue weighted by Crippen LogP contribution is -2.34. The third-order valence-electron chi connectivity index (χ3n) is 4.81. The molecule has 2 aromatic carbocycles. The molecule has 0 saturated carbocycles. The Morgan fingerprint density at radius 2 is 1.68 bits per heavy atom. The van der Waals surface area contributed by atoms with Gasteiger partial charge in [-0.1, -0.05) is 25.1 Å². The summed E-state index contributed by atoms with van der Waals surface area (Å²) in [5.41, 5.74) is 10.3. The summed E-state index contributed by atoms with van der Waals surface area (Å²) in [5.74, 6) is -0.241. The van der Waals surface area contributed by atoms with Crippen molar-refractivity contribution in [3.63, 3.8) is 0 Å². The van der Waals surface area contributed by atoms with Gasteiger partial charge in [-0.25, -0.2) is 4.79 Å². The molecule has 0 radical (unpaired) electrons. The number of hydrogen-bond acceptors (Lipinski definition) is 3. The van der Waals surface area contributed by atoms with Crippen molar-refractivity contribution in [1.82, 2.24) is 0 Å². The lowest BCUT2D eigenvalue weighted by atomic mass is 9.90. The van der Waals surface area contributed by atoms with Crippen molar-refractivity contribution >= 4 is 41.4 Å². The molecule has 0 aromatic heterocycles. The predicted molar refractivity (Wildman–Crippen MR) is 116 cm³/mol. The van der Waals surface area contributed by atoms with Crippen molar-refractivity contribution in [3.8, 4) is 0 Å². The summed E-state index contributed by atoms with van der Waals surface area (Å²) in [6.45, 7) is 1.86. The molecule has 7 heteroatoms. The van der Waals surface area contributed by atoms with Gasteiger partial charge < -0.3 is 21.7 Å². The minimum Gasteiger partial charge on any atom is -0.325 e. The lowest BCUT2D eigenvalue weighted by Gasteiger charge is -2.19. The lowest BCUT2D eigenvalue weighted by molar-refractivity contribution is -0.117. The number of aryl methyl sites for hydroxylation is 1. The minimum absolute atomic E-state index is 0. The molecular weight excluding hydrogens is 376 g/mol. The second kappa shape index (κ2) is 10.1. The molecule has 0 saturated heterocycles. The van der Waals surface area contributed by atoms with Crippen LogP contribution in [-0.2, 0) is 17.6 Å². The van der Waals surface area contributed by atoms with Crippen molar-refractivity contribution in [2.45, 2.75) is 45.1 Å². The Hall–Kier alpha value is -2.57. The number of amides is 3. The van der Waals surface area contributed by atoms with E-state index in [9.17, 15) is 9.59 Å². The summed E-state index contributed by atoms with van der Waals surface area (Å²) in [7, 11) is 0. The Morgan fingerprint density at radius 3 is 2.43 bits per heavy atom. The quantitative estimate of drug-likeness (QED) is 0.600. The first-order valence-corrected chi connectivity index (χ1v) is 9.42. The van der Waals surface area contributed by atoms with Gasteiger partial charge in [0.2, 0.25) is 5.91 Å². The zero-order valence-corrected chi connectivity index (χ0v) is 16.8. The number of nitrogens with two attached hydrogens (primary N) is 1. The summed E-state index contributed by atoms with van der Waals surface area (Å²) in [5, 5.41) is 8.53. The van der Waals surface area contributed by atoms with Crippen molar-refractivity contribution < 1.29 is 9.59 Å². The number of carbonyl (C=O) groups excluding carboxylic acids is 2. The smallest absolute Gasteiger partial charge is 0.323 e. The van der Waals surface area contributed by atoms with E-state index in [-0.39, 0.29) is 24.3 Å². The summed E-state index contributed by atoms with van der Waals surface area (Å²) < 4.78 is 0. The van der Waals surface area contributed by atoms with E-state index in [4.69, 9.17) is 5.73 Å². The fraction of sp³-hybridized carbons (Fsp3) is 0.333. The van der Waals surface area contributed by atoms with Crippen molar-refractivity contribution in [3.05, 3.63) is 53.6 Å². The van der Waals surface area contributed by atoms with Crippen molar-refractivity contribution in [2.75, 3.05) is 16.0 Å². The van der Waals surface area contributed by atoms with E-state index in [0.29, 0.717) is 17.8 Å². The zero-order valence-electron chi connectivity index (χ0n) is 16.0. The molecule has 3 amide bonds. The number of halogens is 1. The molecular formula is C21H27ClN4O2. The number of rotatable bonds is 5. The van der Waals surface area contributed by atoms with Gasteiger partial charge in [0.1, 0.15) is 0 Å². The number of anilines is 3. The van der Waals surface area contributed by atoms with Crippen LogP contribution in [0, 0.1) is 0 Å². The van der Waals surface area contributed by atoms with Crippen LogP contribution in [0.15, 0.2) is 42.5 Å². The van der Waals surface area contributed by atoms with E-state index in [1.54, 1.807) is 24.3 Å². The molecule has 0 unspecified atom stereocenters. The van der Waals surface area contributed by atoms with E-state index in [2.05, 4.69) is 22.0 Å². The fourth-order valence-corrected chi connectivity index (χ4v) is 3.28. The van der Waals surface area contributed by atoms with E-state index < -0.39 is 6.04 Å². The Labute approximate surface area is 171 Å². The largest absolute Gasteiger partial charge is 0.325 e. The highest BCUT2D eigenvalue weighted by molar-refractivity contribution is 6.01. The SMILES string of the molecule is CC[C@H](N)C(=O)Nc1cccc(NC(=O)Nc2cccc3c2CCCC3)c1.Cl. The van der Waals surface area contributed by atoms with Gasteiger partial charge in [0.15, 0.2) is 0 Å². The van der Waals surface area contributed by atoms with Crippen LogP contribution in [0.2, 0.25) is 0 Å². The van der Waals surface area contributed by atoms with Gasteiger partial charge in [0.25, 0.3) is 0 Å². The number of fused-ring (bicyclic) bond motifs is 1. The van der Waals surface area contributed by atoms with Crippen LogP contribution >= 0.6 is 12.4 Å². The first kappa shape index (κ1) is 21.7. The Bertz CT molecular complexity index is 841. The van der Waals surface area contributed by atoms with Gasteiger partial charge in [0.05, 0.1) is 6.04 Å². The standard InChI is InChI=1S/C21H26N4O2.ClH/c1-2-18(22)20(26)23-15-9-6-10-16(13-15)24-21(27)25-19-12-5-8-14-7-3-4-11-17(14)19;/h5-6,8-10,12-13,18H,2-4,7,11,22H2,1H3,(H,23,26)(H2,24,25,27);1H/t18-;/m0./s1. The highest BCUT2D eigenvalue weighted by Crippen LogP contribution is 2.28. The first-order valence-electron chi connectivity index (χ1n) is 9.42. The first-order chi connectivity index (χ1) is 13.1. The molecule has 1 aliphatic rings. The summed E-state index contributed by atoms with van der Waals surface area (Å²) in [4.78, 5) is 24.3. The molecule has 0 heterocycles. The van der Waals surface area contributed by atoms with Gasteiger partial charge in [0, 0.05) is 17.1 Å². The van der Waals surface area contributed by atoms with Crippen LogP contribution in [0.3, 0.4) is 0 Å². The molecule has 150 valence electrons. The zero-order chi connectivity index (χ0) is 19.2. The Balaban J connectivity index is 0.00000280. The van der Waals surface area contributed by atoms with Crippen LogP contribution in [0.4, 0.5) is 21.9 Å². The molecule has 0 spiro atoms. The second-order valence-corrected chi connectivity index (χ2v) is 6.81. The number of carbonyl (C=O) groups is 2. The third kappa shape index (κ3) is 5.47. The van der Waals surface area contributed by atoms with Crippen molar-refractivity contribution in [2.24, 2.45) is 5.73 Å². The van der Waals surface area contributed by atoms with Crippen LogP contribution in [0.25, 0.3) is 0 Å². The second-order valence-electron chi connectivity index (χ2n) is 6.81. The average Bonchev–Trinajstić information content (AvgIpc) is 2.67. The van der Waals surface area contributed by atoms with Gasteiger partial charge in [-0.3, -0.25) is 4.79 Å². The van der Waals surface area contributed by atoms with Gasteiger partial charge in [-0.2, -0.15) is 0 Å². The normalized spacial score (nSPS) is 13.5. The maximum absolute atomic E-state index is 12.4. The molecule has 5 N–H and O–H groups in total. The van der Waals surface area contributed by atoms with E-state index in [0.717, 1.165) is 24.9 Å². The van der Waals surface area contributed by atoms with Crippen LogP contribution in [0.1, 0.15) is 37.3 Å². The fourth-order valence-electron chi connectivity index (χ4n) is 3.28. The van der Waals surface area contributed by atoms with Crippen LogP contribution in [0.5, 0.6) is 0 Å². The highest BCUT2D eigenvalue weighted by atomic mass is 35.5. The highest BCUT2D eigenvalue weighted by Gasteiger charge is 2.15. The average molecular weight is 403 g/mol. The molecule has 0 fully saturated rings. The molecule has 2 aromatic rings. The maximum Gasteiger partial charge on any atom is 0.323 e. The topological polar surface area (TPSA) is 96.2 Å². The number of benzene rings is 2.